The van der Waals surface area contributed by atoms with E-state index in [0.29, 0.717) is 0 Å². The van der Waals surface area contributed by atoms with Crippen molar-refractivity contribution in [3.8, 4) is 0 Å². The van der Waals surface area contributed by atoms with Crippen LogP contribution < -0.4 is 0 Å². The summed E-state index contributed by atoms with van der Waals surface area (Å²) < 4.78 is 35.2. The highest BCUT2D eigenvalue weighted by atomic mass is 32.3. The molecule has 0 saturated heterocycles. The van der Waals surface area contributed by atoms with Crippen molar-refractivity contribution >= 4 is 10.4 Å². The minimum Gasteiger partial charge on any atom is -0.759 e. The Morgan fingerprint density at radius 2 is 1.00 bits per heavy atom. The molecule has 0 N–H and O–H groups in total. The van der Waals surface area contributed by atoms with Gasteiger partial charge >= 0.3 is 0 Å². The highest BCUT2D eigenvalue weighted by molar-refractivity contribution is 7.79. The summed E-state index contributed by atoms with van der Waals surface area (Å²) >= 11 is 0. The van der Waals surface area contributed by atoms with Crippen molar-refractivity contribution in [2.75, 3.05) is 27.7 Å². The minimum absolute atomic E-state index is 1.12. The largest absolute Gasteiger partial charge is 0.759 e. The molecule has 0 aromatic heterocycles. The standard InChI is InChI=1S/C15H34N.H2O4S/c1-5-6-7-8-9-10-11-12-13-14-15-16(2,3)4;1-5(2,3)4/h5-15H2,1-4H3;(H2,1,2,3,4)/q+1;/p-2. The van der Waals surface area contributed by atoms with E-state index >= 15 is 0 Å². The fourth-order valence-corrected chi connectivity index (χ4v) is 2.07. The van der Waals surface area contributed by atoms with Gasteiger partial charge in [-0.1, -0.05) is 58.3 Å². The van der Waals surface area contributed by atoms with Crippen molar-refractivity contribution in [3.05, 3.63) is 0 Å². The van der Waals surface area contributed by atoms with Crippen LogP contribution in [0.1, 0.15) is 71.1 Å². The van der Waals surface area contributed by atoms with Crippen LogP contribution in [0.25, 0.3) is 0 Å². The Labute approximate surface area is 131 Å². The van der Waals surface area contributed by atoms with Gasteiger partial charge in [-0.2, -0.15) is 0 Å². The number of hydrogen-bond acceptors (Lipinski definition) is 4. The first kappa shape index (κ1) is 23.1. The third kappa shape index (κ3) is 38.3. The lowest BCUT2D eigenvalue weighted by molar-refractivity contribution is -0.870. The molecule has 0 fully saturated rings. The lowest BCUT2D eigenvalue weighted by Crippen LogP contribution is -2.35. The molecule has 0 bridgehead atoms. The van der Waals surface area contributed by atoms with Gasteiger partial charge in [-0.25, -0.2) is 0 Å². The molecule has 0 aliphatic rings. The van der Waals surface area contributed by atoms with Crippen molar-refractivity contribution in [2.24, 2.45) is 0 Å². The second-order valence-electron chi connectivity index (χ2n) is 6.60. The molecule has 0 radical (unpaired) electrons. The number of quaternary nitrogens is 1. The summed E-state index contributed by atoms with van der Waals surface area (Å²) in [4.78, 5) is 0. The lowest BCUT2D eigenvalue weighted by Gasteiger charge is -2.23. The zero-order valence-corrected chi connectivity index (χ0v) is 15.1. The molecule has 6 heteroatoms. The van der Waals surface area contributed by atoms with Gasteiger partial charge in [0.1, 0.15) is 0 Å². The summed E-state index contributed by atoms with van der Waals surface area (Å²) in [6, 6.07) is 0. The molecule has 0 unspecified atom stereocenters. The Hall–Kier alpha value is -0.170. The summed E-state index contributed by atoms with van der Waals surface area (Å²) in [6.07, 6.45) is 14.4. The fraction of sp³-hybridized carbons (Fsp3) is 1.00. The van der Waals surface area contributed by atoms with Gasteiger partial charge in [-0.3, -0.25) is 8.42 Å². The average Bonchev–Trinajstić information content (AvgIpc) is 2.28. The van der Waals surface area contributed by atoms with E-state index in [4.69, 9.17) is 17.5 Å². The van der Waals surface area contributed by atoms with Crippen LogP contribution in [0.15, 0.2) is 0 Å². The SMILES string of the molecule is CCCCCCCCCCCC[N+](C)(C)C.O=S(=O)([O-])[O-]. The minimum atomic E-state index is -5.17. The molecule has 0 saturated carbocycles. The van der Waals surface area contributed by atoms with E-state index in [1.165, 1.54) is 70.8 Å². The van der Waals surface area contributed by atoms with Crippen molar-refractivity contribution in [3.63, 3.8) is 0 Å². The Kier molecular flexibility index (Phi) is 14.8. The molecule has 21 heavy (non-hydrogen) atoms. The quantitative estimate of drug-likeness (QED) is 0.253. The molecule has 0 heterocycles. The van der Waals surface area contributed by atoms with Gasteiger partial charge in [0.05, 0.1) is 27.7 Å². The van der Waals surface area contributed by atoms with Crippen LogP contribution in [0.5, 0.6) is 0 Å². The molecule has 5 nitrogen and oxygen atoms in total. The molecule has 0 rings (SSSR count). The Morgan fingerprint density at radius 1 is 0.714 bits per heavy atom. The second kappa shape index (κ2) is 13.5. The Bertz CT molecular complexity index is 302. The van der Waals surface area contributed by atoms with Crippen LogP contribution in [0.3, 0.4) is 0 Å². The molecule has 0 aliphatic heterocycles. The maximum absolute atomic E-state index is 8.52. The van der Waals surface area contributed by atoms with E-state index in [-0.39, 0.29) is 0 Å². The average molecular weight is 325 g/mol. The van der Waals surface area contributed by atoms with Gasteiger partial charge in [-0.15, -0.1) is 0 Å². The molecule has 130 valence electrons. The molecular weight excluding hydrogens is 290 g/mol. The van der Waals surface area contributed by atoms with Crippen molar-refractivity contribution in [1.82, 2.24) is 0 Å². The number of unbranched alkanes of at least 4 members (excludes halogenated alkanes) is 9. The van der Waals surface area contributed by atoms with Crippen LogP contribution in [0, 0.1) is 0 Å². The summed E-state index contributed by atoms with van der Waals surface area (Å²) in [6.45, 7) is 3.62. The molecule has 0 spiro atoms. The number of nitrogens with zero attached hydrogens (tertiary/aromatic N) is 1. The summed E-state index contributed by atoms with van der Waals surface area (Å²) in [5.41, 5.74) is 0. The van der Waals surface area contributed by atoms with Crippen LogP contribution in [0.2, 0.25) is 0 Å². The normalized spacial score (nSPS) is 11.9. The number of rotatable bonds is 11. The van der Waals surface area contributed by atoms with Gasteiger partial charge < -0.3 is 13.6 Å². The van der Waals surface area contributed by atoms with Gasteiger partial charge in [0, 0.05) is 10.4 Å². The number of hydrogen-bond donors (Lipinski definition) is 0. The summed E-state index contributed by atoms with van der Waals surface area (Å²) in [7, 11) is 1.69. The summed E-state index contributed by atoms with van der Waals surface area (Å²) in [5.74, 6) is 0. The highest BCUT2D eigenvalue weighted by Gasteiger charge is 2.04. The van der Waals surface area contributed by atoms with Gasteiger partial charge in [0.2, 0.25) is 0 Å². The molecule has 0 amide bonds. The predicted molar refractivity (Wildman–Crippen MR) is 85.2 cm³/mol. The van der Waals surface area contributed by atoms with Gasteiger partial charge in [0.25, 0.3) is 0 Å². The monoisotopic (exact) mass is 324 g/mol. The van der Waals surface area contributed by atoms with E-state index in [2.05, 4.69) is 28.1 Å². The third-order valence-electron chi connectivity index (χ3n) is 3.18. The zero-order valence-electron chi connectivity index (χ0n) is 14.3. The smallest absolute Gasteiger partial charge is 0.0780 e. The van der Waals surface area contributed by atoms with E-state index < -0.39 is 10.4 Å². The van der Waals surface area contributed by atoms with E-state index in [0.717, 1.165) is 4.48 Å². The van der Waals surface area contributed by atoms with Crippen LogP contribution in [-0.2, 0) is 10.4 Å². The maximum atomic E-state index is 8.52. The molecular formula is C15H34NO4S-. The first-order chi connectivity index (χ1) is 9.56. The first-order valence-electron chi connectivity index (χ1n) is 8.03. The molecule has 0 atom stereocenters. The van der Waals surface area contributed by atoms with Gasteiger partial charge in [0.15, 0.2) is 0 Å². The van der Waals surface area contributed by atoms with Crippen LogP contribution in [0.4, 0.5) is 0 Å². The third-order valence-corrected chi connectivity index (χ3v) is 3.18. The van der Waals surface area contributed by atoms with E-state index in [1.54, 1.807) is 0 Å². The molecule has 0 aromatic rings. The van der Waals surface area contributed by atoms with E-state index in [1.807, 2.05) is 0 Å². The highest BCUT2D eigenvalue weighted by Crippen LogP contribution is 2.10. The second-order valence-corrected chi connectivity index (χ2v) is 7.42. The lowest BCUT2D eigenvalue weighted by atomic mass is 10.1. The Morgan fingerprint density at radius 3 is 1.29 bits per heavy atom. The van der Waals surface area contributed by atoms with Crippen molar-refractivity contribution in [1.29, 1.82) is 0 Å². The first-order valence-corrected chi connectivity index (χ1v) is 9.36. The summed E-state index contributed by atoms with van der Waals surface area (Å²) in [5, 5.41) is 0. The zero-order chi connectivity index (χ0) is 16.8. The molecule has 0 aliphatic carbocycles. The van der Waals surface area contributed by atoms with Gasteiger partial charge in [-0.05, 0) is 12.8 Å². The van der Waals surface area contributed by atoms with Crippen molar-refractivity contribution in [2.45, 2.75) is 71.1 Å². The van der Waals surface area contributed by atoms with Crippen molar-refractivity contribution < 1.29 is 22.0 Å². The topological polar surface area (TPSA) is 80.3 Å². The predicted octanol–water partition coefficient (Wildman–Crippen LogP) is 3.28. The Balaban J connectivity index is 0. The van der Waals surface area contributed by atoms with Crippen LogP contribution >= 0.6 is 0 Å². The maximum Gasteiger partial charge on any atom is 0.0780 e. The fourth-order valence-electron chi connectivity index (χ4n) is 2.07. The van der Waals surface area contributed by atoms with E-state index in [9.17, 15) is 0 Å². The van der Waals surface area contributed by atoms with Crippen LogP contribution in [-0.4, -0.2) is 49.7 Å². The molecule has 0 aromatic carbocycles.